The van der Waals surface area contributed by atoms with Gasteiger partial charge < -0.3 is 5.11 Å². The maximum absolute atomic E-state index is 10.7. The molecule has 0 spiro atoms. The molecule has 0 unspecified atom stereocenters. The number of nitro benzene ring substituents is 1. The summed E-state index contributed by atoms with van der Waals surface area (Å²) in [5.74, 6) is -1.05. The molecule has 0 aliphatic carbocycles. The zero-order valence-corrected chi connectivity index (χ0v) is 8.01. The first kappa shape index (κ1) is 10.9. The van der Waals surface area contributed by atoms with E-state index >= 15 is 0 Å². The van der Waals surface area contributed by atoms with Crippen LogP contribution in [0, 0.1) is 10.1 Å². The molecule has 78 valence electrons. The Balaban J connectivity index is 3.08. The highest BCUT2D eigenvalue weighted by Gasteiger charge is 2.10. The van der Waals surface area contributed by atoms with Crippen LogP contribution < -0.4 is 0 Å². The zero-order chi connectivity index (χ0) is 11.4. The molecule has 0 fully saturated rings. The summed E-state index contributed by atoms with van der Waals surface area (Å²) in [6, 6.07) is 5.40. The third-order valence-electron chi connectivity index (χ3n) is 1.91. The van der Waals surface area contributed by atoms with E-state index in [2.05, 4.69) is 0 Å². The number of rotatable bonds is 3. The minimum Gasteiger partial charge on any atom is -0.478 e. The van der Waals surface area contributed by atoms with Crippen LogP contribution in [0.4, 0.5) is 5.69 Å². The van der Waals surface area contributed by atoms with Crippen molar-refractivity contribution in [2.75, 3.05) is 0 Å². The number of nitrogens with zero attached hydrogens (tertiary/aromatic N) is 1. The van der Waals surface area contributed by atoms with Gasteiger partial charge in [-0.3, -0.25) is 10.1 Å². The van der Waals surface area contributed by atoms with Crippen LogP contribution in [0.3, 0.4) is 0 Å². The Kier molecular flexibility index (Phi) is 3.17. The first-order chi connectivity index (χ1) is 7.06. The van der Waals surface area contributed by atoms with Crippen molar-refractivity contribution in [3.8, 4) is 0 Å². The van der Waals surface area contributed by atoms with Gasteiger partial charge in [0.1, 0.15) is 0 Å². The molecule has 1 aromatic rings. The Morgan fingerprint density at radius 1 is 1.40 bits per heavy atom. The molecule has 5 heteroatoms. The predicted octanol–water partition coefficient (Wildman–Crippen LogP) is 2.08. The van der Waals surface area contributed by atoms with Gasteiger partial charge in [0.25, 0.3) is 5.69 Å². The Morgan fingerprint density at radius 3 is 2.27 bits per heavy atom. The van der Waals surface area contributed by atoms with Crippen LogP contribution in [-0.2, 0) is 4.79 Å². The molecule has 15 heavy (non-hydrogen) atoms. The maximum Gasteiger partial charge on any atom is 0.335 e. The second-order valence-electron chi connectivity index (χ2n) is 2.81. The average Bonchev–Trinajstić information content (AvgIpc) is 2.19. The molecule has 0 saturated carbocycles. The SMILES string of the molecule is C/C=C(/C(=O)O)c1ccc([N+](=O)[O-])cc1. The lowest BCUT2D eigenvalue weighted by Gasteiger charge is -2.00. The Bertz CT molecular complexity index is 420. The largest absolute Gasteiger partial charge is 0.478 e. The minimum absolute atomic E-state index is 0.0559. The number of carbonyl (C=O) groups is 1. The van der Waals surface area contributed by atoms with Crippen LogP contribution in [0.2, 0.25) is 0 Å². The highest BCUT2D eigenvalue weighted by Crippen LogP contribution is 2.18. The van der Waals surface area contributed by atoms with Crippen molar-refractivity contribution in [2.24, 2.45) is 0 Å². The molecule has 0 radical (unpaired) electrons. The van der Waals surface area contributed by atoms with Gasteiger partial charge in [-0.1, -0.05) is 6.08 Å². The number of nitro groups is 1. The third kappa shape index (κ3) is 2.40. The number of hydrogen-bond donors (Lipinski definition) is 1. The first-order valence-corrected chi connectivity index (χ1v) is 4.20. The van der Waals surface area contributed by atoms with Crippen LogP contribution >= 0.6 is 0 Å². The molecule has 0 aromatic heterocycles. The van der Waals surface area contributed by atoms with Crippen molar-refractivity contribution in [3.63, 3.8) is 0 Å². The molecule has 1 rings (SSSR count). The normalized spacial score (nSPS) is 11.1. The molecule has 1 N–H and O–H groups in total. The quantitative estimate of drug-likeness (QED) is 0.467. The van der Waals surface area contributed by atoms with E-state index in [1.807, 2.05) is 0 Å². The highest BCUT2D eigenvalue weighted by molar-refractivity contribution is 6.15. The molecular weight excluding hydrogens is 198 g/mol. The highest BCUT2D eigenvalue weighted by atomic mass is 16.6. The number of carboxylic acids is 1. The minimum atomic E-state index is -1.05. The Labute approximate surface area is 85.8 Å². The number of aliphatic carboxylic acids is 1. The summed E-state index contributed by atoms with van der Waals surface area (Å²) >= 11 is 0. The van der Waals surface area contributed by atoms with Crippen LogP contribution in [0.1, 0.15) is 12.5 Å². The van der Waals surface area contributed by atoms with E-state index in [1.165, 1.54) is 30.3 Å². The second kappa shape index (κ2) is 4.36. The fourth-order valence-electron chi connectivity index (χ4n) is 1.18. The molecule has 0 atom stereocenters. The molecule has 0 heterocycles. The monoisotopic (exact) mass is 207 g/mol. The molecular formula is C10H9NO4. The summed E-state index contributed by atoms with van der Waals surface area (Å²) in [5, 5.41) is 19.2. The lowest BCUT2D eigenvalue weighted by atomic mass is 10.1. The number of non-ortho nitro benzene ring substituents is 1. The summed E-state index contributed by atoms with van der Waals surface area (Å²) in [6.45, 7) is 1.60. The summed E-state index contributed by atoms with van der Waals surface area (Å²) in [4.78, 5) is 20.6. The summed E-state index contributed by atoms with van der Waals surface area (Å²) < 4.78 is 0. The smallest absolute Gasteiger partial charge is 0.335 e. The van der Waals surface area contributed by atoms with Crippen LogP contribution in [0.5, 0.6) is 0 Å². The van der Waals surface area contributed by atoms with Gasteiger partial charge in [-0.25, -0.2) is 4.79 Å². The Morgan fingerprint density at radius 2 is 1.93 bits per heavy atom. The molecule has 0 aliphatic heterocycles. The molecule has 0 amide bonds. The number of benzene rings is 1. The average molecular weight is 207 g/mol. The molecule has 5 nitrogen and oxygen atoms in total. The summed E-state index contributed by atoms with van der Waals surface area (Å²) in [5.41, 5.74) is 0.528. The van der Waals surface area contributed by atoms with E-state index in [1.54, 1.807) is 6.92 Å². The van der Waals surface area contributed by atoms with Gasteiger partial charge in [0.2, 0.25) is 0 Å². The van der Waals surface area contributed by atoms with Crippen molar-refractivity contribution in [1.82, 2.24) is 0 Å². The topological polar surface area (TPSA) is 80.4 Å². The van der Waals surface area contributed by atoms with E-state index in [9.17, 15) is 14.9 Å². The van der Waals surface area contributed by atoms with Gasteiger partial charge in [-0.2, -0.15) is 0 Å². The Hall–Kier alpha value is -2.17. The molecule has 0 bridgehead atoms. The third-order valence-corrected chi connectivity index (χ3v) is 1.91. The fraction of sp³-hybridized carbons (Fsp3) is 0.100. The number of allylic oxidation sites excluding steroid dienone is 1. The second-order valence-corrected chi connectivity index (χ2v) is 2.81. The lowest BCUT2D eigenvalue weighted by Crippen LogP contribution is -1.99. The van der Waals surface area contributed by atoms with Crippen LogP contribution in [0.25, 0.3) is 5.57 Å². The molecule has 0 saturated heterocycles. The van der Waals surface area contributed by atoms with Crippen molar-refractivity contribution in [1.29, 1.82) is 0 Å². The maximum atomic E-state index is 10.7. The van der Waals surface area contributed by atoms with Crippen molar-refractivity contribution in [3.05, 3.63) is 46.0 Å². The van der Waals surface area contributed by atoms with E-state index in [-0.39, 0.29) is 11.3 Å². The number of hydrogen-bond acceptors (Lipinski definition) is 3. The molecule has 1 aromatic carbocycles. The van der Waals surface area contributed by atoms with Gasteiger partial charge in [0.15, 0.2) is 0 Å². The lowest BCUT2D eigenvalue weighted by molar-refractivity contribution is -0.384. The van der Waals surface area contributed by atoms with E-state index in [4.69, 9.17) is 5.11 Å². The van der Waals surface area contributed by atoms with Gasteiger partial charge in [-0.15, -0.1) is 0 Å². The number of carboxylic acid groups (broad SMARTS) is 1. The van der Waals surface area contributed by atoms with E-state index in [0.717, 1.165) is 0 Å². The zero-order valence-electron chi connectivity index (χ0n) is 8.01. The summed E-state index contributed by atoms with van der Waals surface area (Å²) in [7, 11) is 0. The standard InChI is InChI=1S/C10H9NO4/c1-2-9(10(12)13)7-3-5-8(6-4-7)11(14)15/h2-6H,1H3,(H,12,13)/b9-2+. The first-order valence-electron chi connectivity index (χ1n) is 4.20. The van der Waals surface area contributed by atoms with Gasteiger partial charge in [-0.05, 0) is 24.6 Å². The van der Waals surface area contributed by atoms with Gasteiger partial charge in [0.05, 0.1) is 10.5 Å². The fourth-order valence-corrected chi connectivity index (χ4v) is 1.18. The van der Waals surface area contributed by atoms with Crippen LogP contribution in [0.15, 0.2) is 30.3 Å². The predicted molar refractivity (Wildman–Crippen MR) is 54.4 cm³/mol. The van der Waals surface area contributed by atoms with Crippen molar-refractivity contribution < 1.29 is 14.8 Å². The summed E-state index contributed by atoms with van der Waals surface area (Å²) in [6.07, 6.45) is 1.45. The van der Waals surface area contributed by atoms with Crippen molar-refractivity contribution in [2.45, 2.75) is 6.92 Å². The molecule has 0 aliphatic rings. The van der Waals surface area contributed by atoms with E-state index < -0.39 is 10.9 Å². The van der Waals surface area contributed by atoms with Crippen molar-refractivity contribution >= 4 is 17.2 Å². The van der Waals surface area contributed by atoms with Gasteiger partial charge >= 0.3 is 5.97 Å². The van der Waals surface area contributed by atoms with Crippen LogP contribution in [-0.4, -0.2) is 16.0 Å². The van der Waals surface area contributed by atoms with E-state index in [0.29, 0.717) is 5.56 Å². The van der Waals surface area contributed by atoms with Gasteiger partial charge in [0, 0.05) is 12.1 Å².